The number of halogens is 3. The minimum atomic E-state index is -5.10. The van der Waals surface area contributed by atoms with Gasteiger partial charge in [-0.25, -0.2) is 4.79 Å². The first kappa shape index (κ1) is 38.2. The highest BCUT2D eigenvalue weighted by Gasteiger charge is 2.41. The molecule has 4 aromatic rings. The van der Waals surface area contributed by atoms with Crippen LogP contribution in [0.4, 0.5) is 13.2 Å². The van der Waals surface area contributed by atoms with Crippen LogP contribution in [0.15, 0.2) is 103 Å². The quantitative estimate of drug-likeness (QED) is 0.100. The van der Waals surface area contributed by atoms with E-state index in [-0.39, 0.29) is 37.3 Å². The zero-order valence-electron chi connectivity index (χ0n) is 28.9. The van der Waals surface area contributed by atoms with Gasteiger partial charge in [0, 0.05) is 25.2 Å². The Kier molecular flexibility index (Phi) is 13.6. The molecule has 52 heavy (non-hydrogen) atoms. The molecule has 1 fully saturated rings. The minimum absolute atomic E-state index is 0.119. The van der Waals surface area contributed by atoms with Crippen LogP contribution in [-0.4, -0.2) is 55.1 Å². The van der Waals surface area contributed by atoms with Gasteiger partial charge in [-0.2, -0.15) is 13.2 Å². The molecule has 0 saturated heterocycles. The molecule has 0 spiro atoms. The van der Waals surface area contributed by atoms with Crippen LogP contribution in [0.3, 0.4) is 0 Å². The molecule has 4 aromatic carbocycles. The largest absolute Gasteiger partial charge is 0.491 e. The molecular weight excluding hydrogens is 671 g/mol. The van der Waals surface area contributed by atoms with Crippen LogP contribution in [0.5, 0.6) is 5.75 Å². The van der Waals surface area contributed by atoms with Gasteiger partial charge in [0.2, 0.25) is 5.91 Å². The van der Waals surface area contributed by atoms with E-state index in [1.807, 2.05) is 72.8 Å². The Hall–Kier alpha value is -5.00. The molecule has 11 heteroatoms. The average Bonchev–Trinajstić information content (AvgIpc) is 3.16. The van der Waals surface area contributed by atoms with Crippen LogP contribution in [0.2, 0.25) is 0 Å². The zero-order valence-corrected chi connectivity index (χ0v) is 28.9. The summed E-state index contributed by atoms with van der Waals surface area (Å²) < 4.78 is 48.0. The molecule has 1 saturated carbocycles. The lowest BCUT2D eigenvalue weighted by Crippen LogP contribution is -2.35. The van der Waals surface area contributed by atoms with Crippen LogP contribution in [0.1, 0.15) is 52.7 Å². The van der Waals surface area contributed by atoms with Crippen molar-refractivity contribution in [3.8, 4) is 16.9 Å². The zero-order chi connectivity index (χ0) is 36.9. The number of carbonyl (C=O) groups excluding carboxylic acids is 3. The predicted molar refractivity (Wildman–Crippen MR) is 192 cm³/mol. The van der Waals surface area contributed by atoms with E-state index >= 15 is 0 Å². The van der Waals surface area contributed by atoms with Gasteiger partial charge < -0.3 is 25.4 Å². The average molecular weight is 716 g/mol. The van der Waals surface area contributed by atoms with Crippen LogP contribution < -0.4 is 15.8 Å². The summed E-state index contributed by atoms with van der Waals surface area (Å²) in [6.45, 7) is 2.00. The number of nitrogens with two attached hydrogens (primary N) is 1. The molecule has 0 aliphatic heterocycles. The maximum Gasteiger partial charge on any atom is 0.491 e. The molecule has 0 aromatic heterocycles. The van der Waals surface area contributed by atoms with Crippen LogP contribution >= 0.6 is 0 Å². The molecule has 2 amide bonds. The van der Waals surface area contributed by atoms with Crippen molar-refractivity contribution in [2.24, 2.45) is 17.6 Å². The van der Waals surface area contributed by atoms with Crippen molar-refractivity contribution in [3.05, 3.63) is 125 Å². The minimum Gasteiger partial charge on any atom is -0.420 e. The molecule has 2 atom stereocenters. The summed E-state index contributed by atoms with van der Waals surface area (Å²) in [5.74, 6) is -1.91. The van der Waals surface area contributed by atoms with Crippen molar-refractivity contribution in [2.45, 2.75) is 51.4 Å². The molecular formula is C41H44F3N3O5. The van der Waals surface area contributed by atoms with Gasteiger partial charge in [-0.3, -0.25) is 9.59 Å². The molecule has 0 radical (unpaired) electrons. The fraction of sp³-hybridized carbons (Fsp3) is 0.341. The summed E-state index contributed by atoms with van der Waals surface area (Å²) in [5, 5.41) is 3.11. The van der Waals surface area contributed by atoms with Crippen LogP contribution in [0, 0.1) is 11.8 Å². The Morgan fingerprint density at radius 2 is 1.50 bits per heavy atom. The molecule has 5 rings (SSSR count). The Morgan fingerprint density at radius 3 is 2.23 bits per heavy atom. The second kappa shape index (κ2) is 18.5. The van der Waals surface area contributed by atoms with Crippen molar-refractivity contribution in [1.29, 1.82) is 0 Å². The normalized spacial score (nSPS) is 15.8. The fourth-order valence-electron chi connectivity index (χ4n) is 6.42. The van der Waals surface area contributed by atoms with E-state index in [4.69, 9.17) is 10.5 Å². The standard InChI is InChI=1S/C41H44F3N3O5/c42-41(43,44)40(50)52-37-17-15-29(16-18-37)19-20-47(38(48)28-51-27-30-7-2-1-3-8-30)26-33-11-5-12-34(22-33)35-13-6-14-36(23-35)39(49)46-25-32-10-4-9-31(21-32)24-45/h1-3,5-8,11-18,22-23,31-32H,4,9-10,19-21,24-28,45H2,(H,46,49). The highest BCUT2D eigenvalue weighted by molar-refractivity contribution is 5.95. The van der Waals surface area contributed by atoms with Gasteiger partial charge in [-0.05, 0) is 102 Å². The van der Waals surface area contributed by atoms with Gasteiger partial charge in [0.05, 0.1) is 6.61 Å². The second-order valence-corrected chi connectivity index (χ2v) is 13.2. The summed E-state index contributed by atoms with van der Waals surface area (Å²) in [4.78, 5) is 39.5. The molecule has 1 aliphatic carbocycles. The van der Waals surface area contributed by atoms with E-state index in [2.05, 4.69) is 10.1 Å². The maximum atomic E-state index is 13.5. The highest BCUT2D eigenvalue weighted by Crippen LogP contribution is 2.28. The van der Waals surface area contributed by atoms with E-state index in [9.17, 15) is 27.6 Å². The van der Waals surface area contributed by atoms with Crippen LogP contribution in [0.25, 0.3) is 11.1 Å². The summed E-state index contributed by atoms with van der Waals surface area (Å²) in [6.07, 6.45) is -0.282. The van der Waals surface area contributed by atoms with Crippen molar-refractivity contribution < 1.29 is 37.0 Å². The summed E-state index contributed by atoms with van der Waals surface area (Å²) in [6, 6.07) is 30.5. The number of ether oxygens (including phenoxy) is 2. The smallest absolute Gasteiger partial charge is 0.420 e. The van der Waals surface area contributed by atoms with E-state index in [1.165, 1.54) is 12.1 Å². The third-order valence-corrected chi connectivity index (χ3v) is 9.26. The van der Waals surface area contributed by atoms with E-state index in [0.29, 0.717) is 43.5 Å². The number of hydrogen-bond acceptors (Lipinski definition) is 6. The second-order valence-electron chi connectivity index (χ2n) is 13.2. The van der Waals surface area contributed by atoms with Gasteiger partial charge in [-0.15, -0.1) is 0 Å². The Bertz CT molecular complexity index is 1780. The Labute approximate surface area is 302 Å². The van der Waals surface area contributed by atoms with Gasteiger partial charge in [-0.1, -0.05) is 79.2 Å². The number of carbonyl (C=O) groups is 3. The topological polar surface area (TPSA) is 111 Å². The van der Waals surface area contributed by atoms with Gasteiger partial charge >= 0.3 is 12.1 Å². The molecule has 0 heterocycles. The summed E-state index contributed by atoms with van der Waals surface area (Å²) in [5.41, 5.74) is 10.8. The first-order valence-corrected chi connectivity index (χ1v) is 17.5. The van der Waals surface area contributed by atoms with Crippen molar-refractivity contribution in [3.63, 3.8) is 0 Å². The predicted octanol–water partition coefficient (Wildman–Crippen LogP) is 7.10. The number of nitrogens with one attached hydrogen (secondary N) is 1. The number of nitrogens with zero attached hydrogens (tertiary/aromatic N) is 1. The number of hydrogen-bond donors (Lipinski definition) is 2. The SMILES string of the molecule is NCC1CCCC(CNC(=O)c2cccc(-c3cccc(CN(CCc4ccc(OC(=O)C(F)(F)F)cc4)C(=O)COCc4ccccc4)c3)c2)C1. The number of rotatable bonds is 15. The first-order valence-electron chi connectivity index (χ1n) is 17.5. The fourth-order valence-corrected chi connectivity index (χ4v) is 6.42. The summed E-state index contributed by atoms with van der Waals surface area (Å²) in [7, 11) is 0. The van der Waals surface area contributed by atoms with Crippen molar-refractivity contribution in [2.75, 3.05) is 26.2 Å². The lowest BCUT2D eigenvalue weighted by atomic mass is 9.81. The molecule has 3 N–H and O–H groups in total. The van der Waals surface area contributed by atoms with Crippen molar-refractivity contribution >= 4 is 17.8 Å². The number of esters is 1. The molecule has 0 bridgehead atoms. The van der Waals surface area contributed by atoms with Gasteiger partial charge in [0.15, 0.2) is 0 Å². The molecule has 274 valence electrons. The Morgan fingerprint density at radius 1 is 0.808 bits per heavy atom. The monoisotopic (exact) mass is 715 g/mol. The number of benzene rings is 4. The lowest BCUT2D eigenvalue weighted by molar-refractivity contribution is -0.189. The maximum absolute atomic E-state index is 13.5. The number of amides is 2. The van der Waals surface area contributed by atoms with Crippen molar-refractivity contribution in [1.82, 2.24) is 10.2 Å². The number of alkyl halides is 3. The van der Waals surface area contributed by atoms with Crippen LogP contribution in [-0.2, 0) is 33.9 Å². The van der Waals surface area contributed by atoms with E-state index in [0.717, 1.165) is 53.5 Å². The third kappa shape index (κ3) is 11.5. The molecule has 1 aliphatic rings. The highest BCUT2D eigenvalue weighted by atomic mass is 19.4. The first-order chi connectivity index (χ1) is 25.1. The Balaban J connectivity index is 1.25. The van der Waals surface area contributed by atoms with E-state index in [1.54, 1.807) is 23.1 Å². The molecule has 8 nitrogen and oxygen atoms in total. The van der Waals surface area contributed by atoms with Gasteiger partial charge in [0.1, 0.15) is 12.4 Å². The third-order valence-electron chi connectivity index (χ3n) is 9.26. The summed E-state index contributed by atoms with van der Waals surface area (Å²) >= 11 is 0. The lowest BCUT2D eigenvalue weighted by Gasteiger charge is -2.28. The molecule has 2 unspecified atom stereocenters. The van der Waals surface area contributed by atoms with Gasteiger partial charge in [0.25, 0.3) is 5.91 Å². The van der Waals surface area contributed by atoms with E-state index < -0.39 is 12.1 Å².